The fraction of sp³-hybridized carbons (Fsp3) is 0.318. The summed E-state index contributed by atoms with van der Waals surface area (Å²) in [4.78, 5) is 12.9. The van der Waals surface area contributed by atoms with Crippen LogP contribution in [0.5, 0.6) is 0 Å². The van der Waals surface area contributed by atoms with Crippen LogP contribution in [0.3, 0.4) is 0 Å². The number of nitrogens with zero attached hydrogens (tertiary/aromatic N) is 2. The summed E-state index contributed by atoms with van der Waals surface area (Å²) in [5, 5.41) is 3.67. The SMILES string of the molecule is Cn1ccc2cc(S(=O)(=O)N3CCCC(C(=O)NCc4cccc(F)c4)C3)ccc21. The van der Waals surface area contributed by atoms with Crippen molar-refractivity contribution in [3.63, 3.8) is 0 Å². The third-order valence-corrected chi connectivity index (χ3v) is 7.47. The first-order valence-corrected chi connectivity index (χ1v) is 11.4. The maximum atomic E-state index is 13.3. The van der Waals surface area contributed by atoms with Crippen LogP contribution in [0.15, 0.2) is 59.6 Å². The summed E-state index contributed by atoms with van der Waals surface area (Å²) in [5.41, 5.74) is 1.63. The van der Waals surface area contributed by atoms with Crippen LogP contribution in [0, 0.1) is 11.7 Å². The monoisotopic (exact) mass is 429 g/mol. The van der Waals surface area contributed by atoms with Gasteiger partial charge in [0.05, 0.1) is 10.8 Å². The molecule has 1 N–H and O–H groups in total. The number of halogens is 1. The predicted octanol–water partition coefficient (Wildman–Crippen LogP) is 3.03. The van der Waals surface area contributed by atoms with E-state index in [1.54, 1.807) is 30.3 Å². The zero-order valence-electron chi connectivity index (χ0n) is 16.7. The Bertz CT molecular complexity index is 1190. The zero-order chi connectivity index (χ0) is 21.3. The molecule has 1 fully saturated rings. The lowest BCUT2D eigenvalue weighted by molar-refractivity contribution is -0.126. The maximum absolute atomic E-state index is 13.3. The number of piperidine rings is 1. The second kappa shape index (κ2) is 8.20. The number of hydrogen-bond donors (Lipinski definition) is 1. The Balaban J connectivity index is 1.46. The molecule has 1 unspecified atom stereocenters. The van der Waals surface area contributed by atoms with E-state index in [-0.39, 0.29) is 29.7 Å². The van der Waals surface area contributed by atoms with E-state index in [1.807, 2.05) is 23.9 Å². The molecule has 2 heterocycles. The highest BCUT2D eigenvalue weighted by molar-refractivity contribution is 7.89. The summed E-state index contributed by atoms with van der Waals surface area (Å²) in [5.74, 6) is -0.993. The first-order valence-electron chi connectivity index (χ1n) is 9.92. The Morgan fingerprint density at radius 2 is 2.03 bits per heavy atom. The predicted molar refractivity (Wildman–Crippen MR) is 113 cm³/mol. The molecule has 8 heteroatoms. The number of sulfonamides is 1. The van der Waals surface area contributed by atoms with Crippen LogP contribution in [-0.2, 0) is 28.4 Å². The Kier molecular flexibility index (Phi) is 5.62. The molecule has 2 aromatic carbocycles. The molecule has 0 bridgehead atoms. The highest BCUT2D eigenvalue weighted by Crippen LogP contribution is 2.26. The number of carbonyl (C=O) groups excluding carboxylic acids is 1. The average molecular weight is 430 g/mol. The molecule has 0 spiro atoms. The molecule has 3 aromatic rings. The van der Waals surface area contributed by atoms with Crippen LogP contribution >= 0.6 is 0 Å². The van der Waals surface area contributed by atoms with Gasteiger partial charge in [0.2, 0.25) is 15.9 Å². The number of benzene rings is 2. The van der Waals surface area contributed by atoms with E-state index in [0.717, 1.165) is 10.9 Å². The molecule has 6 nitrogen and oxygen atoms in total. The lowest BCUT2D eigenvalue weighted by Crippen LogP contribution is -2.45. The van der Waals surface area contributed by atoms with Crippen molar-refractivity contribution >= 4 is 26.8 Å². The van der Waals surface area contributed by atoms with Gasteiger partial charge in [-0.15, -0.1) is 0 Å². The molecule has 1 aliphatic rings. The van der Waals surface area contributed by atoms with Crippen molar-refractivity contribution in [3.8, 4) is 0 Å². The molecular formula is C22H24FN3O3S. The van der Waals surface area contributed by atoms with Crippen molar-refractivity contribution in [1.29, 1.82) is 0 Å². The first-order chi connectivity index (χ1) is 14.3. The van der Waals surface area contributed by atoms with Gasteiger partial charge in [0, 0.05) is 43.8 Å². The van der Waals surface area contributed by atoms with Crippen LogP contribution in [0.1, 0.15) is 18.4 Å². The molecule has 1 aliphatic heterocycles. The first kappa shape index (κ1) is 20.6. The molecule has 158 valence electrons. The fourth-order valence-corrected chi connectivity index (χ4v) is 5.48. The van der Waals surface area contributed by atoms with Gasteiger partial charge in [0.1, 0.15) is 5.82 Å². The number of hydrogen-bond acceptors (Lipinski definition) is 3. The van der Waals surface area contributed by atoms with Gasteiger partial charge in [-0.2, -0.15) is 4.31 Å². The Morgan fingerprint density at radius 3 is 2.83 bits per heavy atom. The third-order valence-electron chi connectivity index (χ3n) is 5.61. The van der Waals surface area contributed by atoms with Crippen molar-refractivity contribution < 1.29 is 17.6 Å². The van der Waals surface area contributed by atoms with Crippen molar-refractivity contribution in [2.75, 3.05) is 13.1 Å². The van der Waals surface area contributed by atoms with E-state index in [2.05, 4.69) is 5.32 Å². The maximum Gasteiger partial charge on any atom is 0.243 e. The summed E-state index contributed by atoms with van der Waals surface area (Å²) in [6, 6.07) is 13.0. The van der Waals surface area contributed by atoms with Gasteiger partial charge in [0.15, 0.2) is 0 Å². The molecule has 0 aliphatic carbocycles. The minimum Gasteiger partial charge on any atom is -0.352 e. The van der Waals surface area contributed by atoms with Gasteiger partial charge in [0.25, 0.3) is 0 Å². The van der Waals surface area contributed by atoms with Crippen LogP contribution in [0.2, 0.25) is 0 Å². The van der Waals surface area contributed by atoms with Gasteiger partial charge in [-0.05, 0) is 54.8 Å². The van der Waals surface area contributed by atoms with Crippen molar-refractivity contribution in [2.45, 2.75) is 24.3 Å². The van der Waals surface area contributed by atoms with E-state index < -0.39 is 15.9 Å². The lowest BCUT2D eigenvalue weighted by Gasteiger charge is -2.31. The number of aryl methyl sites for hydroxylation is 1. The minimum absolute atomic E-state index is 0.143. The van der Waals surface area contributed by atoms with Gasteiger partial charge >= 0.3 is 0 Å². The standard InChI is InChI=1S/C22H24FN3O3S/c1-25-11-9-17-13-20(7-8-21(17)25)30(28,29)26-10-3-5-18(15-26)22(27)24-14-16-4-2-6-19(23)12-16/h2,4,6-9,11-13,18H,3,5,10,14-15H2,1H3,(H,24,27). The number of fused-ring (bicyclic) bond motifs is 1. The highest BCUT2D eigenvalue weighted by atomic mass is 32.2. The zero-order valence-corrected chi connectivity index (χ0v) is 17.5. The summed E-state index contributed by atoms with van der Waals surface area (Å²) < 4.78 is 43.0. The van der Waals surface area contributed by atoms with Gasteiger partial charge < -0.3 is 9.88 Å². The average Bonchev–Trinajstić information content (AvgIpc) is 3.12. The Labute approximate surface area is 175 Å². The molecule has 1 saturated heterocycles. The van der Waals surface area contributed by atoms with Gasteiger partial charge in [-0.1, -0.05) is 12.1 Å². The van der Waals surface area contributed by atoms with Crippen LogP contribution in [-0.4, -0.2) is 36.3 Å². The summed E-state index contributed by atoms with van der Waals surface area (Å²) in [7, 11) is -1.78. The van der Waals surface area contributed by atoms with Crippen molar-refractivity contribution in [3.05, 3.63) is 66.1 Å². The number of nitrogens with one attached hydrogen (secondary N) is 1. The van der Waals surface area contributed by atoms with E-state index >= 15 is 0 Å². The topological polar surface area (TPSA) is 71.4 Å². The lowest BCUT2D eigenvalue weighted by atomic mass is 9.99. The molecule has 0 radical (unpaired) electrons. The number of rotatable bonds is 5. The van der Waals surface area contributed by atoms with Gasteiger partial charge in [-0.25, -0.2) is 12.8 Å². The minimum atomic E-state index is -3.69. The normalized spacial score (nSPS) is 17.9. The van der Waals surface area contributed by atoms with Crippen LogP contribution in [0.4, 0.5) is 4.39 Å². The molecule has 1 aromatic heterocycles. The Morgan fingerprint density at radius 1 is 1.20 bits per heavy atom. The van der Waals surface area contributed by atoms with Crippen molar-refractivity contribution in [2.24, 2.45) is 13.0 Å². The summed E-state index contributed by atoms with van der Waals surface area (Å²) in [6.45, 7) is 0.748. The smallest absolute Gasteiger partial charge is 0.243 e. The molecule has 4 rings (SSSR count). The second-order valence-corrected chi connectivity index (χ2v) is 9.64. The molecular weight excluding hydrogens is 405 g/mol. The molecule has 1 atom stereocenters. The second-order valence-electron chi connectivity index (χ2n) is 7.70. The largest absolute Gasteiger partial charge is 0.352 e. The van der Waals surface area contributed by atoms with E-state index in [0.29, 0.717) is 24.9 Å². The van der Waals surface area contributed by atoms with Crippen LogP contribution < -0.4 is 5.32 Å². The number of amides is 1. The summed E-state index contributed by atoms with van der Waals surface area (Å²) in [6.07, 6.45) is 3.13. The van der Waals surface area contributed by atoms with E-state index in [1.165, 1.54) is 16.4 Å². The van der Waals surface area contributed by atoms with Crippen LogP contribution in [0.25, 0.3) is 10.9 Å². The number of carbonyl (C=O) groups is 1. The third kappa shape index (κ3) is 4.11. The Hall–Kier alpha value is -2.71. The highest BCUT2D eigenvalue weighted by Gasteiger charge is 2.33. The van der Waals surface area contributed by atoms with Crippen molar-refractivity contribution in [1.82, 2.24) is 14.2 Å². The molecule has 30 heavy (non-hydrogen) atoms. The van der Waals surface area contributed by atoms with E-state index in [4.69, 9.17) is 0 Å². The quantitative estimate of drug-likeness (QED) is 0.678. The molecule has 1 amide bonds. The van der Waals surface area contributed by atoms with Gasteiger partial charge in [-0.3, -0.25) is 4.79 Å². The van der Waals surface area contributed by atoms with E-state index in [9.17, 15) is 17.6 Å². The molecule has 0 saturated carbocycles. The fourth-order valence-electron chi connectivity index (χ4n) is 3.92. The summed E-state index contributed by atoms with van der Waals surface area (Å²) >= 11 is 0. The number of aromatic nitrogens is 1.